The van der Waals surface area contributed by atoms with Crippen LogP contribution in [0.1, 0.15) is 74.5 Å². The zero-order valence-electron chi connectivity index (χ0n) is 23.6. The molecule has 3 aromatic carbocycles. The zero-order chi connectivity index (χ0) is 28.3. The van der Waals surface area contributed by atoms with Crippen molar-refractivity contribution in [2.24, 2.45) is 7.05 Å². The molecule has 7 heteroatoms. The number of benzene rings is 3. The van der Waals surface area contributed by atoms with Crippen molar-refractivity contribution in [2.45, 2.75) is 68.8 Å². The van der Waals surface area contributed by atoms with Gasteiger partial charge in [0.25, 0.3) is 0 Å². The van der Waals surface area contributed by atoms with Crippen molar-refractivity contribution in [2.75, 3.05) is 4.90 Å². The molecule has 1 aliphatic carbocycles. The fourth-order valence-electron chi connectivity index (χ4n) is 5.50. The Bertz CT molecular complexity index is 1470. The molecular formula is C33H37FN4OS. The molecule has 208 valence electrons. The molecule has 40 heavy (non-hydrogen) atoms. The zero-order valence-corrected chi connectivity index (χ0v) is 24.4. The molecule has 0 saturated carbocycles. The van der Waals surface area contributed by atoms with Gasteiger partial charge in [0.1, 0.15) is 11.6 Å². The van der Waals surface area contributed by atoms with Crippen LogP contribution in [0.15, 0.2) is 90.1 Å². The summed E-state index contributed by atoms with van der Waals surface area (Å²) in [6, 6.07) is 23.3. The minimum Gasteiger partial charge on any atom is -0.337 e. The van der Waals surface area contributed by atoms with Crippen LogP contribution in [-0.4, -0.2) is 15.5 Å². The lowest BCUT2D eigenvalue weighted by atomic mass is 9.71. The number of imidazole rings is 1. The van der Waals surface area contributed by atoms with Crippen molar-refractivity contribution in [3.05, 3.63) is 114 Å². The van der Waals surface area contributed by atoms with Gasteiger partial charge in [-0.05, 0) is 83.1 Å². The molecule has 0 unspecified atom stereocenters. The molecular weight excluding hydrogens is 519 g/mol. The number of aromatic nitrogens is 2. The van der Waals surface area contributed by atoms with Gasteiger partial charge in [0, 0.05) is 42.5 Å². The molecule has 1 amide bonds. The van der Waals surface area contributed by atoms with E-state index in [0.29, 0.717) is 13.0 Å². The van der Waals surface area contributed by atoms with E-state index in [-0.39, 0.29) is 29.1 Å². The first-order valence-electron chi connectivity index (χ1n) is 13.8. The molecule has 1 heterocycles. The van der Waals surface area contributed by atoms with Gasteiger partial charge in [-0.25, -0.2) is 9.37 Å². The number of anilines is 1. The molecule has 0 radical (unpaired) electrons. The molecule has 5 rings (SSSR count). The molecule has 2 atom stereocenters. The van der Waals surface area contributed by atoms with Crippen LogP contribution in [0.25, 0.3) is 0 Å². The molecule has 1 aliphatic rings. The Morgan fingerprint density at radius 1 is 1.15 bits per heavy atom. The minimum absolute atomic E-state index is 0.0197. The number of hydrogen-bond donors (Lipinski definition) is 1. The topological polar surface area (TPSA) is 50.2 Å². The van der Waals surface area contributed by atoms with Gasteiger partial charge in [-0.15, -0.1) is 0 Å². The monoisotopic (exact) mass is 556 g/mol. The lowest BCUT2D eigenvalue weighted by molar-refractivity contribution is -0.119. The van der Waals surface area contributed by atoms with Crippen LogP contribution in [-0.2, 0) is 23.8 Å². The van der Waals surface area contributed by atoms with Crippen LogP contribution in [0.2, 0.25) is 0 Å². The van der Waals surface area contributed by atoms with Gasteiger partial charge in [0.05, 0.1) is 6.54 Å². The molecule has 0 fully saturated rings. The Morgan fingerprint density at radius 3 is 2.67 bits per heavy atom. The first-order chi connectivity index (χ1) is 19.2. The quantitative estimate of drug-likeness (QED) is 0.215. The molecule has 0 bridgehead atoms. The fraction of sp³-hybridized carbons (Fsp3) is 0.333. The van der Waals surface area contributed by atoms with Crippen LogP contribution >= 0.6 is 11.9 Å². The van der Waals surface area contributed by atoms with Crippen LogP contribution in [0.3, 0.4) is 0 Å². The number of nitrogens with zero attached hydrogens (tertiary/aromatic N) is 3. The lowest BCUT2D eigenvalue weighted by Crippen LogP contribution is -2.34. The maximum absolute atomic E-state index is 13.9. The van der Waals surface area contributed by atoms with Crippen LogP contribution in [0, 0.1) is 5.82 Å². The number of rotatable bonds is 9. The first kappa shape index (κ1) is 28.1. The van der Waals surface area contributed by atoms with Gasteiger partial charge in [-0.1, -0.05) is 63.2 Å². The standard InChI is InChI=1S/C33H37FN4OS/c1-23(24-9-6-5-7-10-24)19-32(39)38(22-31-35-17-18-37(31)4)26-13-14-29-28(21-26)30(15-16-33(29,2)3)36-40-27-12-8-11-25(34)20-27/h5-14,17-18,20-21,23,30,36H,15-16,19,22H2,1-4H3/t23-,30-/m0/s1. The number of fused-ring (bicyclic) bond motifs is 1. The first-order valence-corrected chi connectivity index (χ1v) is 14.7. The van der Waals surface area contributed by atoms with E-state index in [1.807, 2.05) is 47.0 Å². The van der Waals surface area contributed by atoms with Crippen LogP contribution in [0.5, 0.6) is 0 Å². The molecule has 5 nitrogen and oxygen atoms in total. The highest BCUT2D eigenvalue weighted by atomic mass is 32.2. The summed E-state index contributed by atoms with van der Waals surface area (Å²) >= 11 is 1.45. The van der Waals surface area contributed by atoms with Crippen LogP contribution < -0.4 is 9.62 Å². The van der Waals surface area contributed by atoms with Crippen molar-refractivity contribution in [3.63, 3.8) is 0 Å². The van der Waals surface area contributed by atoms with E-state index in [2.05, 4.69) is 60.8 Å². The second-order valence-corrected chi connectivity index (χ2v) is 12.3. The summed E-state index contributed by atoms with van der Waals surface area (Å²) in [6.45, 7) is 7.05. The number of aryl methyl sites for hydroxylation is 1. The van der Waals surface area contributed by atoms with E-state index in [1.165, 1.54) is 29.1 Å². The summed E-state index contributed by atoms with van der Waals surface area (Å²) < 4.78 is 19.3. The minimum atomic E-state index is -0.243. The highest BCUT2D eigenvalue weighted by Gasteiger charge is 2.34. The largest absolute Gasteiger partial charge is 0.337 e. The number of hydrogen-bond acceptors (Lipinski definition) is 4. The van der Waals surface area contributed by atoms with Crippen LogP contribution in [0.4, 0.5) is 10.1 Å². The van der Waals surface area contributed by atoms with Crippen molar-refractivity contribution in [1.29, 1.82) is 0 Å². The highest BCUT2D eigenvalue weighted by molar-refractivity contribution is 7.97. The molecule has 1 N–H and O–H groups in total. The van der Waals surface area contributed by atoms with E-state index >= 15 is 0 Å². The maximum Gasteiger partial charge on any atom is 0.228 e. The van der Waals surface area contributed by atoms with Gasteiger partial charge in [0.2, 0.25) is 5.91 Å². The Morgan fingerprint density at radius 2 is 1.95 bits per heavy atom. The van der Waals surface area contributed by atoms with E-state index in [1.54, 1.807) is 18.3 Å². The summed E-state index contributed by atoms with van der Waals surface area (Å²) in [5, 5.41) is 0. The predicted octanol–water partition coefficient (Wildman–Crippen LogP) is 7.70. The van der Waals surface area contributed by atoms with Gasteiger partial charge in [-0.3, -0.25) is 9.52 Å². The summed E-state index contributed by atoms with van der Waals surface area (Å²) in [4.78, 5) is 21.1. The number of halogens is 1. The third-order valence-electron chi connectivity index (χ3n) is 8.00. The van der Waals surface area contributed by atoms with Gasteiger partial charge in [0.15, 0.2) is 0 Å². The Hall–Kier alpha value is -3.42. The van der Waals surface area contributed by atoms with E-state index in [0.717, 1.165) is 34.8 Å². The van der Waals surface area contributed by atoms with Gasteiger partial charge < -0.3 is 9.47 Å². The van der Waals surface area contributed by atoms with Crippen molar-refractivity contribution >= 4 is 23.5 Å². The number of carbonyl (C=O) groups is 1. The Balaban J connectivity index is 1.46. The Kier molecular flexibility index (Phi) is 8.43. The molecule has 0 saturated heterocycles. The second kappa shape index (κ2) is 12.0. The fourth-order valence-corrected chi connectivity index (χ4v) is 6.34. The third-order valence-corrected chi connectivity index (χ3v) is 8.89. The summed E-state index contributed by atoms with van der Waals surface area (Å²) in [5.74, 6) is 0.738. The lowest BCUT2D eigenvalue weighted by Gasteiger charge is -2.38. The van der Waals surface area contributed by atoms with E-state index < -0.39 is 0 Å². The summed E-state index contributed by atoms with van der Waals surface area (Å²) in [7, 11) is 1.95. The number of carbonyl (C=O) groups excluding carboxylic acids is 1. The smallest absolute Gasteiger partial charge is 0.228 e. The highest BCUT2D eigenvalue weighted by Crippen LogP contribution is 2.44. The molecule has 0 spiro atoms. The average Bonchev–Trinajstić information content (AvgIpc) is 3.35. The van der Waals surface area contributed by atoms with Crippen molar-refractivity contribution < 1.29 is 9.18 Å². The van der Waals surface area contributed by atoms with Crippen molar-refractivity contribution in [3.8, 4) is 0 Å². The molecule has 4 aromatic rings. The van der Waals surface area contributed by atoms with E-state index in [9.17, 15) is 9.18 Å². The van der Waals surface area contributed by atoms with E-state index in [4.69, 9.17) is 0 Å². The van der Waals surface area contributed by atoms with Gasteiger partial charge >= 0.3 is 0 Å². The van der Waals surface area contributed by atoms with Gasteiger partial charge in [-0.2, -0.15) is 0 Å². The second-order valence-electron chi connectivity index (χ2n) is 11.4. The summed E-state index contributed by atoms with van der Waals surface area (Å²) in [6.07, 6.45) is 6.05. The molecule has 0 aliphatic heterocycles. The maximum atomic E-state index is 13.9. The number of amides is 1. The average molecular weight is 557 g/mol. The normalized spacial score (nSPS) is 16.8. The SMILES string of the molecule is C[C@@H](CC(=O)N(Cc1nccn1C)c1ccc2c(c1)[C@@H](NSc1cccc(F)c1)CCC2(C)C)c1ccccc1. The predicted molar refractivity (Wildman–Crippen MR) is 161 cm³/mol. The molecule has 1 aromatic heterocycles. The summed E-state index contributed by atoms with van der Waals surface area (Å²) in [5.41, 5.74) is 4.51. The van der Waals surface area contributed by atoms with Crippen molar-refractivity contribution in [1.82, 2.24) is 14.3 Å². The third kappa shape index (κ3) is 6.31. The Labute approximate surface area is 241 Å². The number of nitrogens with one attached hydrogen (secondary N) is 1.